The van der Waals surface area contributed by atoms with Gasteiger partial charge in [0.15, 0.2) is 0 Å². The van der Waals surface area contributed by atoms with Gasteiger partial charge in [-0.3, -0.25) is 4.79 Å². The third-order valence-electron chi connectivity index (χ3n) is 5.59. The molecule has 1 N–H and O–H groups in total. The van der Waals surface area contributed by atoms with Crippen LogP contribution in [0.5, 0.6) is 0 Å². The quantitative estimate of drug-likeness (QED) is 0.703. The average Bonchev–Trinajstić information content (AvgIpc) is 3.22. The summed E-state index contributed by atoms with van der Waals surface area (Å²) in [5, 5.41) is 5.13. The van der Waals surface area contributed by atoms with Crippen molar-refractivity contribution >= 4 is 34.0 Å². The largest absolute Gasteiger partial charge is 0.457 e. The van der Waals surface area contributed by atoms with E-state index in [1.165, 1.54) is 0 Å². The molecule has 3 aromatic carbocycles. The van der Waals surface area contributed by atoms with Gasteiger partial charge in [-0.1, -0.05) is 42.5 Å². The Morgan fingerprint density at radius 3 is 2.89 bits per heavy atom. The van der Waals surface area contributed by atoms with Crippen LogP contribution in [-0.4, -0.2) is 24.5 Å². The minimum absolute atomic E-state index is 0.00581. The number of nitrogens with zero attached hydrogens (tertiary/aromatic N) is 1. The maximum absolute atomic E-state index is 12.6. The monoisotopic (exact) mass is 372 g/mol. The number of fused-ring (bicyclic) bond motifs is 4. The number of benzene rings is 3. The van der Waals surface area contributed by atoms with E-state index < -0.39 is 5.97 Å². The molecule has 140 valence electrons. The van der Waals surface area contributed by atoms with E-state index in [1.807, 2.05) is 48.5 Å². The zero-order valence-electron chi connectivity index (χ0n) is 15.4. The summed E-state index contributed by atoms with van der Waals surface area (Å²) in [5.41, 5.74) is 3.07. The molecule has 0 aromatic heterocycles. The van der Waals surface area contributed by atoms with E-state index in [2.05, 4.69) is 10.2 Å². The third-order valence-corrected chi connectivity index (χ3v) is 5.59. The van der Waals surface area contributed by atoms with Gasteiger partial charge in [-0.05, 0) is 47.4 Å². The fraction of sp³-hybridized carbons (Fsp3) is 0.217. The SMILES string of the molecule is O=C(OCc1cccc2ccccc12)c1ccc2c(c1)NC(=O)[C@H]1CCCN21. The molecule has 5 rings (SSSR count). The van der Waals surface area contributed by atoms with Crippen LogP contribution in [0, 0.1) is 0 Å². The van der Waals surface area contributed by atoms with E-state index in [1.54, 1.807) is 12.1 Å². The molecule has 2 aliphatic rings. The van der Waals surface area contributed by atoms with Gasteiger partial charge in [0.2, 0.25) is 5.91 Å². The molecule has 0 bridgehead atoms. The Hall–Kier alpha value is -3.34. The second-order valence-electron chi connectivity index (χ2n) is 7.29. The highest BCUT2D eigenvalue weighted by Crippen LogP contribution is 2.37. The van der Waals surface area contributed by atoms with Crippen molar-refractivity contribution in [3.8, 4) is 0 Å². The summed E-state index contributed by atoms with van der Waals surface area (Å²) in [7, 11) is 0. The van der Waals surface area contributed by atoms with E-state index in [0.717, 1.165) is 41.4 Å². The molecule has 1 fully saturated rings. The summed E-state index contributed by atoms with van der Waals surface area (Å²) < 4.78 is 5.56. The zero-order chi connectivity index (χ0) is 19.1. The molecule has 1 atom stereocenters. The molecular formula is C23H20N2O3. The second kappa shape index (κ2) is 6.68. The Balaban J connectivity index is 1.36. The van der Waals surface area contributed by atoms with Gasteiger partial charge in [0.1, 0.15) is 12.6 Å². The highest BCUT2D eigenvalue weighted by molar-refractivity contribution is 6.05. The number of rotatable bonds is 3. The fourth-order valence-corrected chi connectivity index (χ4v) is 4.20. The summed E-state index contributed by atoms with van der Waals surface area (Å²) in [6.45, 7) is 1.08. The van der Waals surface area contributed by atoms with Gasteiger partial charge in [0.25, 0.3) is 0 Å². The summed E-state index contributed by atoms with van der Waals surface area (Å²) in [4.78, 5) is 27.0. The van der Waals surface area contributed by atoms with Crippen LogP contribution in [0.15, 0.2) is 60.7 Å². The lowest BCUT2D eigenvalue weighted by Gasteiger charge is -2.33. The van der Waals surface area contributed by atoms with Crippen molar-refractivity contribution in [3.05, 3.63) is 71.8 Å². The molecular weight excluding hydrogens is 352 g/mol. The predicted octanol–water partition coefficient (Wildman–Crippen LogP) is 4.12. The molecule has 28 heavy (non-hydrogen) atoms. The Kier molecular flexibility index (Phi) is 4.01. The maximum atomic E-state index is 12.6. The maximum Gasteiger partial charge on any atom is 0.338 e. The Morgan fingerprint density at radius 2 is 1.96 bits per heavy atom. The minimum atomic E-state index is -0.395. The lowest BCUT2D eigenvalue weighted by Crippen LogP contribution is -2.43. The van der Waals surface area contributed by atoms with E-state index in [9.17, 15) is 9.59 Å². The fourth-order valence-electron chi connectivity index (χ4n) is 4.20. The number of anilines is 2. The van der Waals surface area contributed by atoms with Crippen LogP contribution in [0.4, 0.5) is 11.4 Å². The van der Waals surface area contributed by atoms with Gasteiger partial charge >= 0.3 is 5.97 Å². The first-order chi connectivity index (χ1) is 13.7. The number of carbonyl (C=O) groups is 2. The summed E-state index contributed by atoms with van der Waals surface area (Å²) in [6, 6.07) is 19.3. The smallest absolute Gasteiger partial charge is 0.338 e. The van der Waals surface area contributed by atoms with E-state index in [4.69, 9.17) is 4.74 Å². The first kappa shape index (κ1) is 16.8. The van der Waals surface area contributed by atoms with Crippen LogP contribution in [0.25, 0.3) is 10.8 Å². The van der Waals surface area contributed by atoms with Crippen LogP contribution in [0.1, 0.15) is 28.8 Å². The molecule has 0 unspecified atom stereocenters. The van der Waals surface area contributed by atoms with Gasteiger partial charge in [-0.25, -0.2) is 4.79 Å². The van der Waals surface area contributed by atoms with E-state index in [-0.39, 0.29) is 18.6 Å². The Bertz CT molecular complexity index is 1090. The molecule has 5 heteroatoms. The van der Waals surface area contributed by atoms with Gasteiger partial charge in [0, 0.05) is 6.54 Å². The lowest BCUT2D eigenvalue weighted by molar-refractivity contribution is -0.117. The Morgan fingerprint density at radius 1 is 1.11 bits per heavy atom. The van der Waals surface area contributed by atoms with Crippen molar-refractivity contribution < 1.29 is 14.3 Å². The zero-order valence-corrected chi connectivity index (χ0v) is 15.4. The number of ether oxygens (including phenoxy) is 1. The normalized spacial score (nSPS) is 17.8. The number of esters is 1. The first-order valence-corrected chi connectivity index (χ1v) is 9.56. The van der Waals surface area contributed by atoms with Gasteiger partial charge < -0.3 is 15.0 Å². The van der Waals surface area contributed by atoms with Crippen molar-refractivity contribution in [1.29, 1.82) is 0 Å². The molecule has 0 aliphatic carbocycles. The van der Waals surface area contributed by atoms with Crippen LogP contribution in [-0.2, 0) is 16.1 Å². The number of hydrogen-bond acceptors (Lipinski definition) is 4. The molecule has 2 aliphatic heterocycles. The average molecular weight is 372 g/mol. The lowest BCUT2D eigenvalue weighted by atomic mass is 10.1. The molecule has 3 aromatic rings. The standard InChI is InChI=1S/C23H20N2O3/c26-22-21-9-4-12-25(21)20-11-10-16(13-19(20)24-22)23(27)28-14-17-7-3-6-15-5-1-2-8-18(15)17/h1-3,5-8,10-11,13,21H,4,9,12,14H2,(H,24,26)/t21-/m1/s1. The Labute approximate surface area is 162 Å². The van der Waals surface area contributed by atoms with E-state index >= 15 is 0 Å². The molecule has 0 saturated carbocycles. The summed E-state index contributed by atoms with van der Waals surface area (Å²) >= 11 is 0. The van der Waals surface area contributed by atoms with Crippen molar-refractivity contribution in [2.75, 3.05) is 16.8 Å². The summed E-state index contributed by atoms with van der Waals surface area (Å²) in [6.07, 6.45) is 1.88. The molecule has 5 nitrogen and oxygen atoms in total. The summed E-state index contributed by atoms with van der Waals surface area (Å²) in [5.74, 6) is -0.389. The second-order valence-corrected chi connectivity index (χ2v) is 7.29. The van der Waals surface area contributed by atoms with Crippen molar-refractivity contribution in [2.24, 2.45) is 0 Å². The van der Waals surface area contributed by atoms with Crippen LogP contribution < -0.4 is 10.2 Å². The molecule has 1 amide bonds. The first-order valence-electron chi connectivity index (χ1n) is 9.56. The topological polar surface area (TPSA) is 58.6 Å². The van der Waals surface area contributed by atoms with Crippen LogP contribution >= 0.6 is 0 Å². The van der Waals surface area contributed by atoms with Crippen LogP contribution in [0.2, 0.25) is 0 Å². The van der Waals surface area contributed by atoms with Crippen molar-refractivity contribution in [3.63, 3.8) is 0 Å². The molecule has 0 radical (unpaired) electrons. The predicted molar refractivity (Wildman–Crippen MR) is 109 cm³/mol. The molecule has 2 heterocycles. The van der Waals surface area contributed by atoms with E-state index in [0.29, 0.717) is 11.3 Å². The highest BCUT2D eigenvalue weighted by atomic mass is 16.5. The third kappa shape index (κ3) is 2.80. The minimum Gasteiger partial charge on any atom is -0.457 e. The van der Waals surface area contributed by atoms with Crippen LogP contribution in [0.3, 0.4) is 0 Å². The van der Waals surface area contributed by atoms with Gasteiger partial charge in [0.05, 0.1) is 16.9 Å². The number of nitrogens with one attached hydrogen (secondary N) is 1. The number of amides is 1. The molecule has 0 spiro atoms. The number of hydrogen-bond donors (Lipinski definition) is 1. The highest BCUT2D eigenvalue weighted by Gasteiger charge is 2.36. The molecule has 1 saturated heterocycles. The van der Waals surface area contributed by atoms with Crippen molar-refractivity contribution in [1.82, 2.24) is 0 Å². The number of carbonyl (C=O) groups excluding carboxylic acids is 2. The van der Waals surface area contributed by atoms with Gasteiger partial charge in [-0.2, -0.15) is 0 Å². The van der Waals surface area contributed by atoms with Crippen molar-refractivity contribution in [2.45, 2.75) is 25.5 Å². The van der Waals surface area contributed by atoms with Gasteiger partial charge in [-0.15, -0.1) is 0 Å².